The Hall–Kier alpha value is -0.480. The van der Waals surface area contributed by atoms with Crippen LogP contribution < -0.4 is 5.32 Å². The third kappa shape index (κ3) is 1.60. The Morgan fingerprint density at radius 2 is 2.23 bits per heavy atom. The number of piperidine rings is 1. The van der Waals surface area contributed by atoms with Crippen molar-refractivity contribution < 1.29 is 0 Å². The van der Waals surface area contributed by atoms with Gasteiger partial charge in [0.2, 0.25) is 0 Å². The van der Waals surface area contributed by atoms with Gasteiger partial charge < -0.3 is 5.32 Å². The molecule has 0 atom stereocenters. The Balaban J connectivity index is 2.23. The van der Waals surface area contributed by atoms with Crippen LogP contribution in [0, 0.1) is 0 Å². The Bertz CT molecular complexity index is 252. The number of hydrogen-bond donors (Lipinski definition) is 2. The molecular weight excluding hydrogens is 182 g/mol. The van der Waals surface area contributed by atoms with Crippen molar-refractivity contribution in [3.8, 4) is 0 Å². The molecule has 13 heavy (non-hydrogen) atoms. The lowest BCUT2D eigenvalue weighted by molar-refractivity contribution is 0.216. The summed E-state index contributed by atoms with van der Waals surface area (Å²) in [5.74, 6) is 0.871. The van der Waals surface area contributed by atoms with Gasteiger partial charge in [-0.3, -0.25) is 4.68 Å². The van der Waals surface area contributed by atoms with Crippen LogP contribution >= 0.6 is 12.6 Å². The summed E-state index contributed by atoms with van der Waals surface area (Å²) in [4.78, 5) is 0. The molecule has 1 saturated heterocycles. The van der Waals surface area contributed by atoms with Crippen molar-refractivity contribution in [1.82, 2.24) is 15.1 Å². The molecular formula is C9H15N3S. The van der Waals surface area contributed by atoms with Crippen molar-refractivity contribution in [2.45, 2.75) is 18.4 Å². The van der Waals surface area contributed by atoms with Gasteiger partial charge in [-0.15, -0.1) is 0 Å². The highest BCUT2D eigenvalue weighted by atomic mass is 32.1. The first-order valence-corrected chi connectivity index (χ1v) is 5.32. The summed E-state index contributed by atoms with van der Waals surface area (Å²) < 4.78 is 2.07. The van der Waals surface area contributed by atoms with Crippen LogP contribution in [0.5, 0.6) is 0 Å². The number of nitrogens with one attached hydrogen (secondary N) is 1. The molecule has 0 saturated carbocycles. The number of rotatable bonds is 2. The van der Waals surface area contributed by atoms with Gasteiger partial charge in [0.25, 0.3) is 0 Å². The van der Waals surface area contributed by atoms with Gasteiger partial charge in [0.15, 0.2) is 0 Å². The van der Waals surface area contributed by atoms with E-state index >= 15 is 0 Å². The van der Waals surface area contributed by atoms with E-state index in [1.54, 1.807) is 0 Å². The van der Waals surface area contributed by atoms with Crippen molar-refractivity contribution in [2.75, 3.05) is 18.8 Å². The summed E-state index contributed by atoms with van der Waals surface area (Å²) in [6, 6.07) is 1.98. The average molecular weight is 197 g/mol. The molecule has 3 nitrogen and oxygen atoms in total. The monoisotopic (exact) mass is 197 g/mol. The minimum Gasteiger partial charge on any atom is -0.317 e. The Kier molecular flexibility index (Phi) is 2.60. The largest absolute Gasteiger partial charge is 0.317 e. The molecule has 4 heteroatoms. The average Bonchev–Trinajstić information content (AvgIpc) is 2.72. The first-order valence-electron chi connectivity index (χ1n) is 4.69. The van der Waals surface area contributed by atoms with Crippen LogP contribution in [-0.2, 0) is 5.54 Å². The van der Waals surface area contributed by atoms with Gasteiger partial charge >= 0.3 is 0 Å². The fraction of sp³-hybridized carbons (Fsp3) is 0.667. The highest BCUT2D eigenvalue weighted by molar-refractivity contribution is 7.80. The lowest BCUT2D eigenvalue weighted by Gasteiger charge is -2.36. The smallest absolute Gasteiger partial charge is 0.0739 e. The molecule has 0 spiro atoms. The molecule has 1 aliphatic heterocycles. The van der Waals surface area contributed by atoms with Gasteiger partial charge in [-0.1, -0.05) is 0 Å². The van der Waals surface area contributed by atoms with Crippen LogP contribution in [0.25, 0.3) is 0 Å². The number of thiol groups is 1. The van der Waals surface area contributed by atoms with Gasteiger partial charge in [-0.2, -0.15) is 17.7 Å². The van der Waals surface area contributed by atoms with Crippen molar-refractivity contribution in [3.63, 3.8) is 0 Å². The van der Waals surface area contributed by atoms with Crippen LogP contribution in [0.3, 0.4) is 0 Å². The normalized spacial score (nSPS) is 21.6. The maximum Gasteiger partial charge on any atom is 0.0739 e. The van der Waals surface area contributed by atoms with Gasteiger partial charge in [0.05, 0.1) is 5.54 Å². The molecule has 0 bridgehead atoms. The zero-order valence-electron chi connectivity index (χ0n) is 7.61. The number of hydrogen-bond acceptors (Lipinski definition) is 3. The molecule has 0 amide bonds. The van der Waals surface area contributed by atoms with E-state index in [0.29, 0.717) is 0 Å². The molecule has 2 rings (SSSR count). The van der Waals surface area contributed by atoms with Gasteiger partial charge in [-0.05, 0) is 32.0 Å². The molecule has 1 N–H and O–H groups in total. The number of nitrogens with zero attached hydrogens (tertiary/aromatic N) is 2. The molecule has 1 aliphatic rings. The summed E-state index contributed by atoms with van der Waals surface area (Å²) in [7, 11) is 0. The Labute approximate surface area is 83.9 Å². The lowest BCUT2D eigenvalue weighted by atomic mass is 9.90. The van der Waals surface area contributed by atoms with E-state index in [2.05, 4.69) is 27.7 Å². The minimum atomic E-state index is 0.151. The summed E-state index contributed by atoms with van der Waals surface area (Å²) in [5.41, 5.74) is 0.151. The van der Waals surface area contributed by atoms with Crippen LogP contribution in [0.1, 0.15) is 12.8 Å². The van der Waals surface area contributed by atoms with Crippen molar-refractivity contribution >= 4 is 12.6 Å². The van der Waals surface area contributed by atoms with E-state index in [4.69, 9.17) is 0 Å². The third-order valence-electron chi connectivity index (χ3n) is 2.82. The molecule has 0 aromatic carbocycles. The molecule has 2 heterocycles. The fourth-order valence-electron chi connectivity index (χ4n) is 1.90. The molecule has 0 unspecified atom stereocenters. The topological polar surface area (TPSA) is 29.9 Å². The fourth-order valence-corrected chi connectivity index (χ4v) is 2.36. The van der Waals surface area contributed by atoms with E-state index < -0.39 is 0 Å². The molecule has 1 aromatic heterocycles. The van der Waals surface area contributed by atoms with E-state index in [1.165, 1.54) is 0 Å². The maximum atomic E-state index is 4.45. The van der Waals surface area contributed by atoms with Crippen molar-refractivity contribution in [3.05, 3.63) is 18.5 Å². The highest BCUT2D eigenvalue weighted by Gasteiger charge is 2.32. The summed E-state index contributed by atoms with van der Waals surface area (Å²) in [6.45, 7) is 2.14. The molecule has 1 fully saturated rings. The quantitative estimate of drug-likeness (QED) is 0.690. The van der Waals surface area contributed by atoms with E-state index in [9.17, 15) is 0 Å². The van der Waals surface area contributed by atoms with Crippen molar-refractivity contribution in [1.29, 1.82) is 0 Å². The first-order chi connectivity index (χ1) is 6.37. The van der Waals surface area contributed by atoms with Gasteiger partial charge in [-0.25, -0.2) is 0 Å². The summed E-state index contributed by atoms with van der Waals surface area (Å²) >= 11 is 4.45. The second-order valence-corrected chi connectivity index (χ2v) is 3.90. The summed E-state index contributed by atoms with van der Waals surface area (Å²) in [5, 5.41) is 7.68. The minimum absolute atomic E-state index is 0.151. The predicted molar refractivity (Wildman–Crippen MR) is 56.2 cm³/mol. The zero-order chi connectivity index (χ0) is 9.15. The lowest BCUT2D eigenvalue weighted by Crippen LogP contribution is -2.45. The van der Waals surface area contributed by atoms with E-state index in [-0.39, 0.29) is 5.54 Å². The molecule has 0 radical (unpaired) electrons. The van der Waals surface area contributed by atoms with Gasteiger partial charge in [0, 0.05) is 18.1 Å². The molecule has 1 aromatic rings. The third-order valence-corrected chi connectivity index (χ3v) is 3.41. The van der Waals surface area contributed by atoms with Crippen LogP contribution in [-0.4, -0.2) is 28.6 Å². The first kappa shape index (κ1) is 9.09. The van der Waals surface area contributed by atoms with E-state index in [1.807, 2.05) is 18.5 Å². The van der Waals surface area contributed by atoms with Crippen molar-refractivity contribution in [2.24, 2.45) is 0 Å². The molecule has 0 aliphatic carbocycles. The number of aromatic nitrogens is 2. The summed E-state index contributed by atoms with van der Waals surface area (Å²) in [6.07, 6.45) is 6.13. The van der Waals surface area contributed by atoms with Crippen LogP contribution in [0.15, 0.2) is 18.5 Å². The van der Waals surface area contributed by atoms with Gasteiger partial charge in [0.1, 0.15) is 0 Å². The second kappa shape index (κ2) is 3.72. The van der Waals surface area contributed by atoms with Crippen LogP contribution in [0.2, 0.25) is 0 Å². The maximum absolute atomic E-state index is 4.45. The standard InChI is InChI=1S/C9H15N3S/c13-8-9(2-5-10-6-3-9)12-7-1-4-11-12/h1,4,7,10,13H,2-3,5-6,8H2. The SMILES string of the molecule is SCC1(n2cccn2)CCNCC1. The zero-order valence-corrected chi connectivity index (χ0v) is 8.50. The second-order valence-electron chi connectivity index (χ2n) is 3.58. The Morgan fingerprint density at radius 3 is 2.77 bits per heavy atom. The highest BCUT2D eigenvalue weighted by Crippen LogP contribution is 2.27. The molecule has 72 valence electrons. The predicted octanol–water partition coefficient (Wildman–Crippen LogP) is 0.892. The van der Waals surface area contributed by atoms with E-state index in [0.717, 1.165) is 31.7 Å². The Morgan fingerprint density at radius 1 is 1.46 bits per heavy atom. The van der Waals surface area contributed by atoms with Crippen LogP contribution in [0.4, 0.5) is 0 Å².